The molecule has 1 aliphatic rings. The molecule has 0 radical (unpaired) electrons. The fraction of sp³-hybridized carbons (Fsp3) is 0.500. The van der Waals surface area contributed by atoms with Crippen LogP contribution in [0.5, 0.6) is 11.5 Å². The molecular formula is C14H20N2O2. The molecule has 1 aromatic rings. The van der Waals surface area contributed by atoms with E-state index in [9.17, 15) is 0 Å². The van der Waals surface area contributed by atoms with Gasteiger partial charge in [-0.15, -0.1) is 0 Å². The maximum absolute atomic E-state index is 5.48. The second-order valence-corrected chi connectivity index (χ2v) is 4.46. The molecule has 4 nitrogen and oxygen atoms in total. The van der Waals surface area contributed by atoms with Crippen molar-refractivity contribution < 1.29 is 9.47 Å². The number of rotatable bonds is 4. The molecule has 1 heterocycles. The molecule has 98 valence electrons. The zero-order valence-corrected chi connectivity index (χ0v) is 11.5. The fourth-order valence-electron chi connectivity index (χ4n) is 2.42. The first-order valence-electron chi connectivity index (χ1n) is 6.15. The molecule has 2 rings (SSSR count). The van der Waals surface area contributed by atoms with Gasteiger partial charge in [0.25, 0.3) is 0 Å². The molecule has 1 aliphatic heterocycles. The Morgan fingerprint density at radius 2 is 2.06 bits per heavy atom. The van der Waals surface area contributed by atoms with Crippen LogP contribution in [-0.2, 0) is 6.42 Å². The van der Waals surface area contributed by atoms with Crippen molar-refractivity contribution in [1.29, 1.82) is 0 Å². The largest absolute Gasteiger partial charge is 0.496 e. The zero-order valence-electron chi connectivity index (χ0n) is 11.5. The quantitative estimate of drug-likeness (QED) is 0.884. The van der Waals surface area contributed by atoms with Gasteiger partial charge in [0.2, 0.25) is 0 Å². The maximum Gasteiger partial charge on any atom is 0.125 e. The molecule has 0 fully saturated rings. The predicted octanol–water partition coefficient (Wildman–Crippen LogP) is 1.86. The molecule has 0 saturated carbocycles. The highest BCUT2D eigenvalue weighted by Crippen LogP contribution is 2.33. The van der Waals surface area contributed by atoms with Gasteiger partial charge in [-0.3, -0.25) is 4.99 Å². The van der Waals surface area contributed by atoms with Gasteiger partial charge in [0.05, 0.1) is 20.8 Å². The van der Waals surface area contributed by atoms with E-state index >= 15 is 0 Å². The summed E-state index contributed by atoms with van der Waals surface area (Å²) in [5.41, 5.74) is 3.37. The summed E-state index contributed by atoms with van der Waals surface area (Å²) in [6, 6.07) is 2.02. The van der Waals surface area contributed by atoms with Crippen LogP contribution in [0.2, 0.25) is 0 Å². The van der Waals surface area contributed by atoms with E-state index in [2.05, 4.69) is 17.2 Å². The number of benzene rings is 1. The standard InChI is InChI=1S/C14H20N2O2/c1-9-7-12(17-3)11(10(2)14(9)18-4)8-13-15-5-6-16-13/h7H,5-6,8H2,1-4H3,(H,15,16). The number of hydrogen-bond donors (Lipinski definition) is 1. The van der Waals surface area contributed by atoms with Gasteiger partial charge in [-0.2, -0.15) is 0 Å². The number of nitrogens with one attached hydrogen (secondary N) is 1. The molecule has 0 spiro atoms. The highest BCUT2D eigenvalue weighted by molar-refractivity contribution is 5.86. The van der Waals surface area contributed by atoms with Crippen molar-refractivity contribution in [3.05, 3.63) is 22.8 Å². The lowest BCUT2D eigenvalue weighted by molar-refractivity contribution is 0.394. The van der Waals surface area contributed by atoms with Crippen LogP contribution in [0.25, 0.3) is 0 Å². The average molecular weight is 248 g/mol. The van der Waals surface area contributed by atoms with Crippen LogP contribution < -0.4 is 14.8 Å². The molecule has 1 aromatic carbocycles. The van der Waals surface area contributed by atoms with Crippen molar-refractivity contribution in [1.82, 2.24) is 5.32 Å². The molecule has 0 atom stereocenters. The lowest BCUT2D eigenvalue weighted by atomic mass is 9.99. The van der Waals surface area contributed by atoms with Crippen LogP contribution in [0.4, 0.5) is 0 Å². The zero-order chi connectivity index (χ0) is 13.1. The third-order valence-electron chi connectivity index (χ3n) is 3.31. The van der Waals surface area contributed by atoms with E-state index in [1.807, 2.05) is 13.0 Å². The summed E-state index contributed by atoms with van der Waals surface area (Å²) in [5, 5.41) is 3.29. The Labute approximate surface area is 108 Å². The number of amidine groups is 1. The third kappa shape index (κ3) is 2.28. The van der Waals surface area contributed by atoms with Crippen LogP contribution in [0.3, 0.4) is 0 Å². The van der Waals surface area contributed by atoms with Crippen molar-refractivity contribution in [3.63, 3.8) is 0 Å². The highest BCUT2D eigenvalue weighted by atomic mass is 16.5. The highest BCUT2D eigenvalue weighted by Gasteiger charge is 2.17. The van der Waals surface area contributed by atoms with Crippen LogP contribution in [0, 0.1) is 13.8 Å². The van der Waals surface area contributed by atoms with Crippen molar-refractivity contribution in [3.8, 4) is 11.5 Å². The molecule has 4 heteroatoms. The molecule has 0 unspecified atom stereocenters. The van der Waals surface area contributed by atoms with E-state index in [1.54, 1.807) is 14.2 Å². The first-order valence-corrected chi connectivity index (χ1v) is 6.15. The minimum Gasteiger partial charge on any atom is -0.496 e. The molecule has 1 N–H and O–H groups in total. The van der Waals surface area contributed by atoms with Gasteiger partial charge in [-0.1, -0.05) is 0 Å². The molecular weight excluding hydrogens is 228 g/mol. The fourth-order valence-corrected chi connectivity index (χ4v) is 2.42. The summed E-state index contributed by atoms with van der Waals surface area (Å²) in [5.74, 6) is 2.87. The van der Waals surface area contributed by atoms with E-state index in [-0.39, 0.29) is 0 Å². The molecule has 0 aromatic heterocycles. The van der Waals surface area contributed by atoms with Gasteiger partial charge >= 0.3 is 0 Å². The molecule has 0 aliphatic carbocycles. The summed E-state index contributed by atoms with van der Waals surface area (Å²) in [7, 11) is 3.41. The van der Waals surface area contributed by atoms with Crippen LogP contribution in [0.1, 0.15) is 16.7 Å². The van der Waals surface area contributed by atoms with Crippen molar-refractivity contribution in [2.24, 2.45) is 4.99 Å². The summed E-state index contributed by atoms with van der Waals surface area (Å²) in [6.07, 6.45) is 0.769. The number of nitrogens with zero attached hydrogens (tertiary/aromatic N) is 1. The summed E-state index contributed by atoms with van der Waals surface area (Å²) in [4.78, 5) is 4.43. The van der Waals surface area contributed by atoms with E-state index in [4.69, 9.17) is 9.47 Å². The van der Waals surface area contributed by atoms with Crippen LogP contribution in [0.15, 0.2) is 11.1 Å². The van der Waals surface area contributed by atoms with Gasteiger partial charge in [0.15, 0.2) is 0 Å². The van der Waals surface area contributed by atoms with Crippen molar-refractivity contribution in [2.45, 2.75) is 20.3 Å². The van der Waals surface area contributed by atoms with Gasteiger partial charge < -0.3 is 14.8 Å². The number of aliphatic imine (C=N–C) groups is 1. The number of aryl methyl sites for hydroxylation is 1. The van der Waals surface area contributed by atoms with E-state index < -0.39 is 0 Å². The summed E-state index contributed by atoms with van der Waals surface area (Å²) in [6.45, 7) is 5.89. The topological polar surface area (TPSA) is 42.9 Å². The second kappa shape index (κ2) is 5.29. The second-order valence-electron chi connectivity index (χ2n) is 4.46. The summed E-state index contributed by atoms with van der Waals surface area (Å²) < 4.78 is 10.9. The van der Waals surface area contributed by atoms with E-state index in [1.165, 1.54) is 0 Å². The minimum atomic E-state index is 0.769. The monoisotopic (exact) mass is 248 g/mol. The first-order chi connectivity index (χ1) is 8.67. The predicted molar refractivity (Wildman–Crippen MR) is 73.0 cm³/mol. The number of ether oxygens (including phenoxy) is 2. The van der Waals surface area contributed by atoms with Crippen LogP contribution >= 0.6 is 0 Å². The van der Waals surface area contributed by atoms with E-state index in [0.29, 0.717) is 0 Å². The number of methoxy groups -OCH3 is 2. The Morgan fingerprint density at radius 1 is 1.28 bits per heavy atom. The first kappa shape index (κ1) is 12.7. The smallest absolute Gasteiger partial charge is 0.125 e. The molecule has 0 amide bonds. The molecule has 0 saturated heterocycles. The lowest BCUT2D eigenvalue weighted by Crippen LogP contribution is -2.21. The minimum absolute atomic E-state index is 0.769. The Hall–Kier alpha value is -1.71. The Kier molecular flexibility index (Phi) is 3.75. The molecule has 18 heavy (non-hydrogen) atoms. The van der Waals surface area contributed by atoms with Gasteiger partial charge in [0.1, 0.15) is 17.3 Å². The average Bonchev–Trinajstić information content (AvgIpc) is 2.86. The molecule has 0 bridgehead atoms. The maximum atomic E-state index is 5.48. The van der Waals surface area contributed by atoms with Gasteiger partial charge in [-0.05, 0) is 31.0 Å². The van der Waals surface area contributed by atoms with E-state index in [0.717, 1.165) is 53.5 Å². The SMILES string of the molecule is COc1cc(C)c(OC)c(C)c1CC1=NCCN1. The Bertz CT molecular complexity index is 481. The lowest BCUT2D eigenvalue weighted by Gasteiger charge is -2.17. The summed E-state index contributed by atoms with van der Waals surface area (Å²) >= 11 is 0. The van der Waals surface area contributed by atoms with Crippen molar-refractivity contribution in [2.75, 3.05) is 27.3 Å². The van der Waals surface area contributed by atoms with Gasteiger partial charge in [0, 0.05) is 18.5 Å². The Morgan fingerprint density at radius 3 is 2.61 bits per heavy atom. The van der Waals surface area contributed by atoms with Gasteiger partial charge in [-0.25, -0.2) is 0 Å². The Balaban J connectivity index is 2.42. The third-order valence-corrected chi connectivity index (χ3v) is 3.31. The number of hydrogen-bond acceptors (Lipinski definition) is 4. The van der Waals surface area contributed by atoms with Crippen molar-refractivity contribution >= 4 is 5.84 Å². The van der Waals surface area contributed by atoms with Crippen LogP contribution in [-0.4, -0.2) is 33.1 Å². The normalized spacial score (nSPS) is 14.1.